The Hall–Kier alpha value is -8.48. The summed E-state index contributed by atoms with van der Waals surface area (Å²) in [7, 11) is 0. The average Bonchev–Trinajstić information content (AvgIpc) is 3.25. The molecule has 4 atom stereocenters. The first-order valence-corrected chi connectivity index (χ1v) is 19.7. The Morgan fingerprint density at radius 2 is 0.642 bits per heavy atom. The van der Waals surface area contributed by atoms with Crippen LogP contribution in [-0.4, -0.2) is 189 Å². The lowest BCUT2D eigenvalue weighted by Crippen LogP contribution is -2.55. The first-order chi connectivity index (χ1) is 31.3. The Balaban J connectivity index is 4.60. The summed E-state index contributed by atoms with van der Waals surface area (Å²) in [5.74, 6) is -14.0. The van der Waals surface area contributed by atoms with Crippen molar-refractivity contribution in [2.75, 3.05) is 65.4 Å². The number of hydrogen-bond acceptors (Lipinski definition) is 16. The summed E-state index contributed by atoms with van der Waals surface area (Å²) in [4.78, 5) is 190. The van der Waals surface area contributed by atoms with E-state index < -0.39 is 184 Å². The van der Waals surface area contributed by atoms with Gasteiger partial charge in [-0.1, -0.05) is 0 Å². The van der Waals surface area contributed by atoms with E-state index >= 15 is 0 Å². The average molecular weight is 958 g/mol. The molecule has 0 aliphatic rings. The third-order valence-corrected chi connectivity index (χ3v) is 7.79. The molecule has 0 bridgehead atoms. The summed E-state index contributed by atoms with van der Waals surface area (Å²) < 4.78 is 0. The molecule has 372 valence electrons. The molecule has 67 heavy (non-hydrogen) atoms. The molecule has 0 aromatic carbocycles. The van der Waals surface area contributed by atoms with Gasteiger partial charge in [0, 0.05) is 6.92 Å². The third-order valence-electron chi connectivity index (χ3n) is 7.79. The Kier molecular flexibility index (Phi) is 27.4. The number of primary amides is 1. The van der Waals surface area contributed by atoms with Crippen molar-refractivity contribution < 1.29 is 81.8 Å². The van der Waals surface area contributed by atoms with Crippen LogP contribution in [0.1, 0.15) is 34.1 Å². The molecule has 0 aromatic rings. The van der Waals surface area contributed by atoms with E-state index in [9.17, 15) is 76.7 Å². The second-order valence-electron chi connectivity index (χ2n) is 13.7. The maximum Gasteiger partial charge on any atom is 0.305 e. The zero-order chi connectivity index (χ0) is 51.2. The predicted molar refractivity (Wildman–Crippen MR) is 222 cm³/mol. The summed E-state index contributed by atoms with van der Waals surface area (Å²) in [6.45, 7) is -1.05. The largest absolute Gasteiger partial charge is 0.481 e. The van der Waals surface area contributed by atoms with Crippen LogP contribution < -0.4 is 80.2 Å². The molecule has 0 aliphatic carbocycles. The minimum atomic E-state index is -1.74. The SMILES string of the molecule is CC(=O)NCC(=O)NCC(=O)N[C@@H](C)C(=O)N[C@@H](C)C(=O)N[C@@H](C)C(=O)NCC(=O)NCC(=O)NCC(=O)N[C@@H](CC(=O)O)C(=O)NCC(=O)NCC(=O)NCC(=O)NCC(=O)NCC(N)=O. The topological polar surface area (TPSA) is 488 Å². The third kappa shape index (κ3) is 29.5. The van der Waals surface area contributed by atoms with Gasteiger partial charge < -0.3 is 85.3 Å². The number of carbonyl (C=O) groups excluding carboxylic acids is 15. The number of aliphatic carboxylic acids is 1. The smallest absolute Gasteiger partial charge is 0.305 e. The molecular formula is C35H55N15O17. The van der Waals surface area contributed by atoms with Gasteiger partial charge in [-0.2, -0.15) is 0 Å². The van der Waals surface area contributed by atoms with Crippen molar-refractivity contribution in [2.45, 2.75) is 58.3 Å². The van der Waals surface area contributed by atoms with Crippen molar-refractivity contribution in [1.29, 1.82) is 0 Å². The number of carboxylic acid groups (broad SMARTS) is 1. The second kappa shape index (κ2) is 31.4. The van der Waals surface area contributed by atoms with Gasteiger partial charge in [0.25, 0.3) is 0 Å². The number of carbonyl (C=O) groups is 16. The van der Waals surface area contributed by atoms with Gasteiger partial charge in [-0.3, -0.25) is 76.7 Å². The first-order valence-electron chi connectivity index (χ1n) is 19.7. The molecule has 0 aliphatic heterocycles. The van der Waals surface area contributed by atoms with E-state index in [1.54, 1.807) is 0 Å². The van der Waals surface area contributed by atoms with Crippen molar-refractivity contribution in [1.82, 2.24) is 74.4 Å². The highest BCUT2D eigenvalue weighted by Gasteiger charge is 2.26. The highest BCUT2D eigenvalue weighted by atomic mass is 16.4. The van der Waals surface area contributed by atoms with Gasteiger partial charge in [0.05, 0.1) is 71.9 Å². The normalized spacial score (nSPS) is 11.9. The molecule has 15 amide bonds. The van der Waals surface area contributed by atoms with Crippen LogP contribution in [0.25, 0.3) is 0 Å². The monoisotopic (exact) mass is 957 g/mol. The number of rotatable bonds is 30. The number of hydrogen-bond donors (Lipinski definition) is 16. The maximum absolute atomic E-state index is 12.5. The maximum atomic E-state index is 12.5. The van der Waals surface area contributed by atoms with Gasteiger partial charge >= 0.3 is 5.97 Å². The molecule has 0 saturated heterocycles. The van der Waals surface area contributed by atoms with E-state index in [0.29, 0.717) is 0 Å². The quantitative estimate of drug-likeness (QED) is 0.0318. The molecule has 0 fully saturated rings. The van der Waals surface area contributed by atoms with Crippen LogP contribution in [0.15, 0.2) is 0 Å². The minimum absolute atomic E-state index is 0.359. The summed E-state index contributed by atoms with van der Waals surface area (Å²) in [6.07, 6.45) is -0.959. The lowest BCUT2D eigenvalue weighted by atomic mass is 10.2. The van der Waals surface area contributed by atoms with E-state index in [0.717, 1.165) is 0 Å². The van der Waals surface area contributed by atoms with Gasteiger partial charge in [0.2, 0.25) is 88.6 Å². The lowest BCUT2D eigenvalue weighted by molar-refractivity contribution is -0.141. The van der Waals surface area contributed by atoms with E-state index in [1.165, 1.54) is 27.7 Å². The lowest BCUT2D eigenvalue weighted by Gasteiger charge is -2.20. The summed E-state index contributed by atoms with van der Waals surface area (Å²) in [5.41, 5.74) is 4.87. The zero-order valence-corrected chi connectivity index (χ0v) is 36.6. The molecule has 0 saturated carbocycles. The van der Waals surface area contributed by atoms with Crippen LogP contribution >= 0.6 is 0 Å². The Bertz CT molecular complexity index is 1910. The van der Waals surface area contributed by atoms with Crippen LogP contribution in [-0.2, 0) is 76.7 Å². The zero-order valence-electron chi connectivity index (χ0n) is 36.6. The van der Waals surface area contributed by atoms with Crippen LogP contribution in [0.4, 0.5) is 0 Å². The van der Waals surface area contributed by atoms with E-state index in [1.807, 2.05) is 5.32 Å². The fraction of sp³-hybridized carbons (Fsp3) is 0.543. The van der Waals surface area contributed by atoms with Crippen molar-refractivity contribution in [3.05, 3.63) is 0 Å². The van der Waals surface area contributed by atoms with E-state index in [-0.39, 0.29) is 6.54 Å². The molecule has 32 nitrogen and oxygen atoms in total. The first kappa shape index (κ1) is 58.5. The molecule has 0 heterocycles. The summed E-state index contributed by atoms with van der Waals surface area (Å²) in [5, 5.41) is 39.6. The molecular weight excluding hydrogens is 902 g/mol. The van der Waals surface area contributed by atoms with E-state index in [4.69, 9.17) is 10.8 Å². The van der Waals surface area contributed by atoms with E-state index in [2.05, 4.69) is 69.1 Å². The van der Waals surface area contributed by atoms with Gasteiger partial charge in [-0.25, -0.2) is 0 Å². The number of carboxylic acids is 1. The molecule has 32 heteroatoms. The molecule has 0 radical (unpaired) electrons. The predicted octanol–water partition coefficient (Wildman–Crippen LogP) is -11.9. The second-order valence-corrected chi connectivity index (χ2v) is 13.7. The summed E-state index contributed by atoms with van der Waals surface area (Å²) in [6, 6.07) is -5.33. The standard InChI is InChI=1S/C35H55N15O17/c1-16(48-34(66)18(3)49-33(65)17(2)47-29(60)14-43-22(53)7-37-19(4)51)32(64)45-12-27(58)41-11-26(57)44-15-30(61)50-20(5-31(62)63)35(67)46-13-28(59)42-10-25(56)40-9-24(55)39-8-23(54)38-6-21(36)52/h16-18,20H,5-15H2,1-4H3,(H2,36,52)(H,37,51)(H,38,54)(H,39,55)(H,40,56)(H,41,58)(H,42,59)(H,43,53)(H,44,57)(H,45,64)(H,46,67)(H,47,60)(H,48,66)(H,49,65)(H,50,61)(H,62,63)/t16-,17-,18-,20-/m0/s1. The fourth-order valence-electron chi connectivity index (χ4n) is 4.31. The van der Waals surface area contributed by atoms with Crippen LogP contribution in [0.5, 0.6) is 0 Å². The van der Waals surface area contributed by atoms with Crippen molar-refractivity contribution >= 4 is 94.6 Å². The summed E-state index contributed by atoms with van der Waals surface area (Å²) >= 11 is 0. The number of nitrogens with two attached hydrogens (primary N) is 1. The van der Waals surface area contributed by atoms with Crippen molar-refractivity contribution in [3.63, 3.8) is 0 Å². The van der Waals surface area contributed by atoms with Crippen molar-refractivity contribution in [2.24, 2.45) is 5.73 Å². The molecule has 0 aromatic heterocycles. The highest BCUT2D eigenvalue weighted by molar-refractivity contribution is 5.97. The van der Waals surface area contributed by atoms with Gasteiger partial charge in [-0.05, 0) is 20.8 Å². The Morgan fingerprint density at radius 1 is 0.358 bits per heavy atom. The van der Waals surface area contributed by atoms with Crippen LogP contribution in [0.3, 0.4) is 0 Å². The molecule has 17 N–H and O–H groups in total. The van der Waals surface area contributed by atoms with Gasteiger partial charge in [0.15, 0.2) is 0 Å². The Labute approximate surface area is 380 Å². The van der Waals surface area contributed by atoms with Crippen LogP contribution in [0.2, 0.25) is 0 Å². The van der Waals surface area contributed by atoms with Crippen molar-refractivity contribution in [3.8, 4) is 0 Å². The van der Waals surface area contributed by atoms with Gasteiger partial charge in [-0.15, -0.1) is 0 Å². The number of amides is 15. The van der Waals surface area contributed by atoms with Crippen LogP contribution in [0, 0.1) is 0 Å². The molecule has 0 unspecified atom stereocenters. The highest BCUT2D eigenvalue weighted by Crippen LogP contribution is 1.94. The minimum Gasteiger partial charge on any atom is -0.481 e. The number of nitrogens with one attached hydrogen (secondary N) is 14. The Morgan fingerprint density at radius 3 is 1.00 bits per heavy atom. The van der Waals surface area contributed by atoms with Gasteiger partial charge in [0.1, 0.15) is 24.2 Å². The fourth-order valence-corrected chi connectivity index (χ4v) is 4.31. The molecule has 0 spiro atoms. The molecule has 0 rings (SSSR count).